The van der Waals surface area contributed by atoms with Gasteiger partial charge in [0.1, 0.15) is 29.4 Å². The van der Waals surface area contributed by atoms with Crippen LogP contribution < -0.4 is 28.4 Å². The summed E-state index contributed by atoms with van der Waals surface area (Å²) in [6, 6.07) is 6.86. The molecular formula is C21H22O7. The van der Waals surface area contributed by atoms with E-state index in [0.717, 1.165) is 5.56 Å². The molecule has 0 spiro atoms. The van der Waals surface area contributed by atoms with Gasteiger partial charge in [-0.3, -0.25) is 4.79 Å². The lowest BCUT2D eigenvalue weighted by Crippen LogP contribution is -2.20. The fourth-order valence-electron chi connectivity index (χ4n) is 3.06. The van der Waals surface area contributed by atoms with Gasteiger partial charge < -0.3 is 28.4 Å². The van der Waals surface area contributed by atoms with Crippen molar-refractivity contribution >= 4 is 11.9 Å². The van der Waals surface area contributed by atoms with Gasteiger partial charge in [0.15, 0.2) is 17.3 Å². The van der Waals surface area contributed by atoms with E-state index in [4.69, 9.17) is 28.4 Å². The predicted molar refractivity (Wildman–Crippen MR) is 103 cm³/mol. The molecule has 0 saturated carbocycles. The average molecular weight is 386 g/mol. The summed E-state index contributed by atoms with van der Waals surface area (Å²) in [4.78, 5) is 13.1. The molecule has 0 amide bonds. The van der Waals surface area contributed by atoms with Gasteiger partial charge in [-0.15, -0.1) is 0 Å². The van der Waals surface area contributed by atoms with Gasteiger partial charge in [0.25, 0.3) is 0 Å². The number of ether oxygens (including phenoxy) is 6. The Labute approximate surface area is 163 Å². The second-order valence-electron chi connectivity index (χ2n) is 5.95. The molecule has 28 heavy (non-hydrogen) atoms. The highest BCUT2D eigenvalue weighted by atomic mass is 16.5. The van der Waals surface area contributed by atoms with Crippen molar-refractivity contribution in [3.8, 4) is 34.5 Å². The van der Waals surface area contributed by atoms with E-state index in [9.17, 15) is 4.79 Å². The zero-order chi connectivity index (χ0) is 20.3. The third kappa shape index (κ3) is 3.43. The monoisotopic (exact) mass is 386 g/mol. The number of benzene rings is 2. The summed E-state index contributed by atoms with van der Waals surface area (Å²) in [5.74, 6) is 2.70. The van der Waals surface area contributed by atoms with E-state index in [2.05, 4.69) is 0 Å². The second kappa shape index (κ2) is 8.12. The Bertz CT molecular complexity index is 888. The van der Waals surface area contributed by atoms with Crippen LogP contribution in [0.1, 0.15) is 15.9 Å². The summed E-state index contributed by atoms with van der Waals surface area (Å²) >= 11 is 0. The largest absolute Gasteiger partial charge is 0.496 e. The number of hydrogen-bond donors (Lipinski definition) is 0. The predicted octanol–water partition coefficient (Wildman–Crippen LogP) is 3.39. The first-order valence-corrected chi connectivity index (χ1v) is 8.50. The quantitative estimate of drug-likeness (QED) is 0.705. The van der Waals surface area contributed by atoms with Gasteiger partial charge in [-0.05, 0) is 23.8 Å². The average Bonchev–Trinajstić information content (AvgIpc) is 2.73. The van der Waals surface area contributed by atoms with E-state index in [-0.39, 0.29) is 12.4 Å². The zero-order valence-electron chi connectivity index (χ0n) is 16.5. The van der Waals surface area contributed by atoms with Crippen molar-refractivity contribution in [2.45, 2.75) is 0 Å². The molecule has 2 aromatic rings. The summed E-state index contributed by atoms with van der Waals surface area (Å²) in [5, 5.41) is 0. The number of hydrogen-bond acceptors (Lipinski definition) is 7. The fourth-order valence-corrected chi connectivity index (χ4v) is 3.06. The van der Waals surface area contributed by atoms with Crippen LogP contribution in [0.4, 0.5) is 0 Å². The summed E-state index contributed by atoms with van der Waals surface area (Å²) in [6.07, 6.45) is 1.74. The minimum absolute atomic E-state index is 0.124. The molecule has 0 N–H and O–H groups in total. The Morgan fingerprint density at radius 2 is 1.46 bits per heavy atom. The normalized spacial score (nSPS) is 14.2. The van der Waals surface area contributed by atoms with Gasteiger partial charge in [0.2, 0.25) is 5.75 Å². The molecule has 0 bridgehead atoms. The van der Waals surface area contributed by atoms with Crippen molar-refractivity contribution in [3.63, 3.8) is 0 Å². The topological polar surface area (TPSA) is 72.5 Å². The first-order valence-electron chi connectivity index (χ1n) is 8.50. The van der Waals surface area contributed by atoms with Crippen LogP contribution in [-0.4, -0.2) is 47.9 Å². The van der Waals surface area contributed by atoms with Gasteiger partial charge in [-0.25, -0.2) is 0 Å². The highest BCUT2D eigenvalue weighted by molar-refractivity contribution is 6.15. The minimum Gasteiger partial charge on any atom is -0.496 e. The molecule has 0 aromatic heterocycles. The molecule has 1 heterocycles. The van der Waals surface area contributed by atoms with E-state index >= 15 is 0 Å². The molecule has 0 aliphatic carbocycles. The van der Waals surface area contributed by atoms with Crippen molar-refractivity contribution in [2.75, 3.05) is 42.2 Å². The first-order chi connectivity index (χ1) is 13.6. The van der Waals surface area contributed by atoms with Crippen LogP contribution >= 0.6 is 0 Å². The van der Waals surface area contributed by atoms with Crippen LogP contribution in [0.2, 0.25) is 0 Å². The van der Waals surface area contributed by atoms with Gasteiger partial charge in [0.05, 0.1) is 35.5 Å². The number of rotatable bonds is 6. The Kier molecular flexibility index (Phi) is 5.63. The van der Waals surface area contributed by atoms with Crippen molar-refractivity contribution in [1.82, 2.24) is 0 Å². The van der Waals surface area contributed by atoms with Crippen LogP contribution in [0.3, 0.4) is 0 Å². The lowest BCUT2D eigenvalue weighted by molar-refractivity contribution is 0.0997. The molecule has 148 valence electrons. The summed E-state index contributed by atoms with van der Waals surface area (Å²) in [7, 11) is 7.66. The molecule has 7 heteroatoms. The highest BCUT2D eigenvalue weighted by Crippen LogP contribution is 2.41. The molecule has 0 fully saturated rings. The Balaban J connectivity index is 2.05. The van der Waals surface area contributed by atoms with E-state index < -0.39 is 0 Å². The maximum Gasteiger partial charge on any atom is 0.203 e. The second-order valence-corrected chi connectivity index (χ2v) is 5.95. The third-order valence-corrected chi connectivity index (χ3v) is 4.42. The van der Waals surface area contributed by atoms with E-state index in [1.165, 1.54) is 28.4 Å². The van der Waals surface area contributed by atoms with E-state index in [1.807, 2.05) is 0 Å². The van der Waals surface area contributed by atoms with E-state index in [1.54, 1.807) is 37.5 Å². The molecule has 1 aliphatic rings. The van der Waals surface area contributed by atoms with Crippen LogP contribution in [0, 0.1) is 0 Å². The SMILES string of the molecule is COc1cc(OC)c2c(c1)OC/C(=C\c1cc(OC)c(OC)c(OC)c1)C2=O. The Morgan fingerprint density at radius 1 is 0.821 bits per heavy atom. The molecule has 0 unspecified atom stereocenters. The summed E-state index contributed by atoms with van der Waals surface area (Å²) in [5.41, 5.74) is 1.57. The molecule has 7 nitrogen and oxygen atoms in total. The van der Waals surface area contributed by atoms with Gasteiger partial charge >= 0.3 is 0 Å². The summed E-state index contributed by atoms with van der Waals surface area (Å²) in [6.45, 7) is 0.124. The van der Waals surface area contributed by atoms with Crippen molar-refractivity contribution in [3.05, 3.63) is 41.0 Å². The summed E-state index contributed by atoms with van der Waals surface area (Å²) < 4.78 is 32.4. The third-order valence-electron chi connectivity index (χ3n) is 4.42. The first kappa shape index (κ1) is 19.4. The van der Waals surface area contributed by atoms with Crippen LogP contribution in [0.25, 0.3) is 6.08 Å². The zero-order valence-corrected chi connectivity index (χ0v) is 16.5. The molecule has 1 aliphatic heterocycles. The molecular weight excluding hydrogens is 364 g/mol. The van der Waals surface area contributed by atoms with Gasteiger partial charge in [-0.2, -0.15) is 0 Å². The number of carbonyl (C=O) groups is 1. The molecule has 0 radical (unpaired) electrons. The van der Waals surface area contributed by atoms with Crippen molar-refractivity contribution < 1.29 is 33.2 Å². The standard InChI is InChI=1S/C21H22O7/c1-23-14-9-15(24-2)19-16(10-14)28-11-13(20(19)22)6-12-7-17(25-3)21(27-5)18(8-12)26-4/h6-10H,11H2,1-5H3/b13-6+. The lowest BCUT2D eigenvalue weighted by Gasteiger charge is -2.22. The maximum atomic E-state index is 13.1. The number of carbonyl (C=O) groups excluding carboxylic acids is 1. The molecule has 0 saturated heterocycles. The fraction of sp³-hybridized carbons (Fsp3) is 0.286. The Hall–Kier alpha value is -3.35. The van der Waals surface area contributed by atoms with Crippen LogP contribution in [0.15, 0.2) is 29.8 Å². The van der Waals surface area contributed by atoms with Crippen molar-refractivity contribution in [2.24, 2.45) is 0 Å². The van der Waals surface area contributed by atoms with Gasteiger partial charge in [0, 0.05) is 17.7 Å². The van der Waals surface area contributed by atoms with Crippen molar-refractivity contribution in [1.29, 1.82) is 0 Å². The van der Waals surface area contributed by atoms with Gasteiger partial charge in [-0.1, -0.05) is 0 Å². The van der Waals surface area contributed by atoms with E-state index in [0.29, 0.717) is 45.6 Å². The number of methoxy groups -OCH3 is 5. The highest BCUT2D eigenvalue weighted by Gasteiger charge is 2.28. The minimum atomic E-state index is -0.172. The van der Waals surface area contributed by atoms with Crippen LogP contribution in [-0.2, 0) is 0 Å². The Morgan fingerprint density at radius 3 is 2.00 bits per heavy atom. The maximum absolute atomic E-state index is 13.1. The smallest absolute Gasteiger partial charge is 0.203 e. The number of fused-ring (bicyclic) bond motifs is 1. The lowest BCUT2D eigenvalue weighted by atomic mass is 9.97. The van der Waals surface area contributed by atoms with Crippen LogP contribution in [0.5, 0.6) is 34.5 Å². The molecule has 3 rings (SSSR count). The number of ketones is 1. The molecule has 2 aromatic carbocycles. The number of Topliss-reactive ketones (excluding diaryl/α,β-unsaturated/α-hetero) is 1. The molecule has 0 atom stereocenters.